The normalized spacial score (nSPS) is 20.3. The number of amides is 1. The maximum Gasteiger partial charge on any atom is 0.223 e. The molecule has 0 saturated carbocycles. The van der Waals surface area contributed by atoms with Gasteiger partial charge in [0, 0.05) is 13.0 Å². The maximum absolute atomic E-state index is 13.1. The third-order valence-corrected chi connectivity index (χ3v) is 11.1. The van der Waals surface area contributed by atoms with E-state index in [2.05, 4.69) is 46.0 Å². The Hall–Kier alpha value is -2.11. The maximum atomic E-state index is 13.1. The Kier molecular flexibility index (Phi) is 6.73. The Morgan fingerprint density at radius 1 is 1.03 bits per heavy atom. The summed E-state index contributed by atoms with van der Waals surface area (Å²) in [7, 11) is -0.313. The van der Waals surface area contributed by atoms with Gasteiger partial charge in [-0.1, -0.05) is 63.2 Å². The van der Waals surface area contributed by atoms with Crippen molar-refractivity contribution in [2.75, 3.05) is 7.11 Å². The quantitative estimate of drug-likeness (QED) is 0.537. The van der Waals surface area contributed by atoms with E-state index in [0.717, 1.165) is 23.3 Å². The van der Waals surface area contributed by atoms with Crippen molar-refractivity contribution in [3.8, 4) is 5.75 Å². The summed E-state index contributed by atoms with van der Waals surface area (Å²) in [6, 6.07) is 18.2. The van der Waals surface area contributed by atoms with Crippen LogP contribution in [-0.2, 0) is 15.8 Å². The van der Waals surface area contributed by atoms with Gasteiger partial charge in [-0.05, 0) is 47.8 Å². The second-order valence-electron chi connectivity index (χ2n) is 9.68. The fraction of sp³-hybridized carbons (Fsp3) is 0.480. The van der Waals surface area contributed by atoms with Crippen LogP contribution in [0.5, 0.6) is 5.75 Å². The molecule has 0 N–H and O–H groups in total. The van der Waals surface area contributed by atoms with E-state index >= 15 is 0 Å². The molecule has 2 atom stereocenters. The summed E-state index contributed by atoms with van der Waals surface area (Å²) in [4.78, 5) is 15.1. The van der Waals surface area contributed by atoms with Gasteiger partial charge in [0.15, 0.2) is 8.32 Å². The van der Waals surface area contributed by atoms with Crippen LogP contribution in [0.2, 0.25) is 18.1 Å². The van der Waals surface area contributed by atoms with E-state index in [9.17, 15) is 4.79 Å². The van der Waals surface area contributed by atoms with E-state index < -0.39 is 8.32 Å². The van der Waals surface area contributed by atoms with Crippen LogP contribution in [0.1, 0.15) is 50.8 Å². The van der Waals surface area contributed by atoms with E-state index in [4.69, 9.17) is 9.16 Å². The van der Waals surface area contributed by atoms with E-state index in [1.807, 2.05) is 47.4 Å². The van der Waals surface area contributed by atoms with Crippen LogP contribution in [0, 0.1) is 0 Å². The van der Waals surface area contributed by atoms with Crippen molar-refractivity contribution < 1.29 is 14.0 Å². The summed E-state index contributed by atoms with van der Waals surface area (Å²) in [5.74, 6) is 1.01. The first-order valence-electron chi connectivity index (χ1n) is 10.8. The Labute approximate surface area is 182 Å². The zero-order valence-electron chi connectivity index (χ0n) is 19.1. The van der Waals surface area contributed by atoms with Crippen molar-refractivity contribution in [2.24, 2.45) is 0 Å². The van der Waals surface area contributed by atoms with Crippen LogP contribution in [0.25, 0.3) is 0 Å². The number of carbonyl (C=O) groups is 1. The number of hydrogen-bond donors (Lipinski definition) is 0. The second kappa shape index (κ2) is 8.94. The van der Waals surface area contributed by atoms with E-state index in [1.54, 1.807) is 7.11 Å². The van der Waals surface area contributed by atoms with Crippen LogP contribution in [-0.4, -0.2) is 32.3 Å². The second-order valence-corrected chi connectivity index (χ2v) is 14.4. The van der Waals surface area contributed by atoms with Gasteiger partial charge in [-0.15, -0.1) is 0 Å². The van der Waals surface area contributed by atoms with Crippen LogP contribution >= 0.6 is 0 Å². The monoisotopic (exact) mass is 425 g/mol. The number of ether oxygens (including phenoxy) is 1. The molecule has 1 saturated heterocycles. The van der Waals surface area contributed by atoms with Gasteiger partial charge in [-0.2, -0.15) is 0 Å². The predicted molar refractivity (Wildman–Crippen MR) is 124 cm³/mol. The Morgan fingerprint density at radius 3 is 2.23 bits per heavy atom. The van der Waals surface area contributed by atoms with Crippen molar-refractivity contribution in [1.29, 1.82) is 0 Å². The standard InChI is InChI=1S/C25H35NO3Si/c1-25(2,3)30(5,6)29-22-16-17-23(27)26(24(22)20-10-8-7-9-11-20)18-19-12-14-21(28-4)15-13-19/h7-15,22,24H,16-18H2,1-6H3. The smallest absolute Gasteiger partial charge is 0.223 e. The van der Waals surface area contributed by atoms with E-state index in [0.29, 0.717) is 13.0 Å². The molecular formula is C25H35NO3Si. The van der Waals surface area contributed by atoms with Gasteiger partial charge in [-0.3, -0.25) is 4.79 Å². The topological polar surface area (TPSA) is 38.8 Å². The van der Waals surface area contributed by atoms with Crippen LogP contribution in [0.15, 0.2) is 54.6 Å². The SMILES string of the molecule is COc1ccc(CN2C(=O)CCC(O[Si](C)(C)C(C)(C)C)C2c2ccccc2)cc1. The lowest BCUT2D eigenvalue weighted by Crippen LogP contribution is -2.51. The zero-order valence-corrected chi connectivity index (χ0v) is 20.1. The average Bonchev–Trinajstić information content (AvgIpc) is 2.70. The highest BCUT2D eigenvalue weighted by Gasteiger charge is 2.44. The first kappa shape index (κ1) is 22.6. The third kappa shape index (κ3) is 4.95. The molecule has 4 nitrogen and oxygen atoms in total. The molecule has 0 radical (unpaired) electrons. The molecule has 2 aromatic carbocycles. The Balaban J connectivity index is 1.94. The van der Waals surface area contributed by atoms with Crippen molar-refractivity contribution in [3.63, 3.8) is 0 Å². The molecule has 30 heavy (non-hydrogen) atoms. The molecule has 1 fully saturated rings. The lowest BCUT2D eigenvalue weighted by molar-refractivity contribution is -0.142. The lowest BCUT2D eigenvalue weighted by atomic mass is 9.91. The molecule has 0 spiro atoms. The van der Waals surface area contributed by atoms with Gasteiger partial charge in [0.1, 0.15) is 5.75 Å². The number of methoxy groups -OCH3 is 1. The molecule has 2 unspecified atom stereocenters. The minimum atomic E-state index is -1.98. The van der Waals surface area contributed by atoms with Gasteiger partial charge < -0.3 is 14.1 Å². The number of rotatable bonds is 6. The van der Waals surface area contributed by atoms with Crippen LogP contribution in [0.3, 0.4) is 0 Å². The predicted octanol–water partition coefficient (Wildman–Crippen LogP) is 5.95. The van der Waals surface area contributed by atoms with Gasteiger partial charge in [0.25, 0.3) is 0 Å². The van der Waals surface area contributed by atoms with E-state index in [1.165, 1.54) is 0 Å². The molecule has 2 aromatic rings. The highest BCUT2D eigenvalue weighted by molar-refractivity contribution is 6.74. The molecule has 1 amide bonds. The minimum Gasteiger partial charge on any atom is -0.497 e. The molecule has 1 aliphatic rings. The lowest BCUT2D eigenvalue weighted by Gasteiger charge is -2.47. The summed E-state index contributed by atoms with van der Waals surface area (Å²) < 4.78 is 12.2. The zero-order chi connectivity index (χ0) is 21.9. The first-order chi connectivity index (χ1) is 14.1. The number of hydrogen-bond acceptors (Lipinski definition) is 3. The molecule has 3 rings (SSSR count). The summed E-state index contributed by atoms with van der Waals surface area (Å²) in [6.45, 7) is 11.9. The van der Waals surface area contributed by atoms with Gasteiger partial charge >= 0.3 is 0 Å². The molecule has 1 aliphatic heterocycles. The fourth-order valence-electron chi connectivity index (χ4n) is 3.76. The van der Waals surface area contributed by atoms with Gasteiger partial charge in [0.05, 0.1) is 19.3 Å². The molecular weight excluding hydrogens is 390 g/mol. The van der Waals surface area contributed by atoms with Crippen molar-refractivity contribution in [2.45, 2.75) is 70.4 Å². The van der Waals surface area contributed by atoms with Gasteiger partial charge in [-0.25, -0.2) is 0 Å². The first-order valence-corrected chi connectivity index (χ1v) is 13.7. The number of carbonyl (C=O) groups excluding carboxylic acids is 1. The number of nitrogens with zero attached hydrogens (tertiary/aromatic N) is 1. The van der Waals surface area contributed by atoms with E-state index in [-0.39, 0.29) is 23.1 Å². The number of piperidine rings is 1. The minimum absolute atomic E-state index is 0.00393. The number of benzene rings is 2. The summed E-state index contributed by atoms with van der Waals surface area (Å²) >= 11 is 0. The summed E-state index contributed by atoms with van der Waals surface area (Å²) in [5.41, 5.74) is 2.24. The number of likely N-dealkylation sites (tertiary alicyclic amines) is 1. The fourth-order valence-corrected chi connectivity index (χ4v) is 5.12. The van der Waals surface area contributed by atoms with Gasteiger partial charge in [0.2, 0.25) is 5.91 Å². The highest BCUT2D eigenvalue weighted by Crippen LogP contribution is 2.42. The summed E-state index contributed by atoms with van der Waals surface area (Å²) in [5, 5.41) is 0.122. The Bertz CT molecular complexity index is 843. The average molecular weight is 426 g/mol. The van der Waals surface area contributed by atoms with Crippen LogP contribution < -0.4 is 4.74 Å². The largest absolute Gasteiger partial charge is 0.497 e. The van der Waals surface area contributed by atoms with Crippen LogP contribution in [0.4, 0.5) is 0 Å². The molecule has 0 bridgehead atoms. The van der Waals surface area contributed by atoms with Crippen molar-refractivity contribution >= 4 is 14.2 Å². The third-order valence-electron chi connectivity index (χ3n) is 6.56. The molecule has 1 heterocycles. The van der Waals surface area contributed by atoms with Crippen molar-refractivity contribution in [3.05, 3.63) is 65.7 Å². The highest BCUT2D eigenvalue weighted by atomic mass is 28.4. The molecule has 0 aromatic heterocycles. The molecule has 0 aliphatic carbocycles. The molecule has 162 valence electrons. The van der Waals surface area contributed by atoms with Crippen molar-refractivity contribution in [1.82, 2.24) is 4.90 Å². The molecule has 5 heteroatoms. The Morgan fingerprint density at radius 2 is 1.67 bits per heavy atom. The summed E-state index contributed by atoms with van der Waals surface area (Å²) in [6.07, 6.45) is 1.30.